The Balaban J connectivity index is 1.26. The van der Waals surface area contributed by atoms with Crippen LogP contribution in [0.3, 0.4) is 0 Å². The molecule has 10 heteroatoms. The van der Waals surface area contributed by atoms with Gasteiger partial charge in [-0.3, -0.25) is 15.2 Å². The predicted molar refractivity (Wildman–Crippen MR) is 133 cm³/mol. The molecule has 0 radical (unpaired) electrons. The molecule has 1 aliphatic heterocycles. The standard InChI is InChI=1S/C26H27F2N7O/c1-18-13-21(7-10-29-18)35-23-17-30-24(14-20(23)15-32-35)33-25(36)31-16-22(19-5-3-2-4-6-19)34-11-8-26(27,28)9-12-34/h2-7,10,13-15,17,22H,8-9,11-12,16H2,1H3,(H2,30,31,33,36). The Kier molecular flexibility index (Phi) is 6.60. The van der Waals surface area contributed by atoms with Crippen molar-refractivity contribution in [2.45, 2.75) is 31.7 Å². The van der Waals surface area contributed by atoms with Crippen LogP contribution in [-0.2, 0) is 0 Å². The fourth-order valence-electron chi connectivity index (χ4n) is 4.51. The van der Waals surface area contributed by atoms with Crippen molar-refractivity contribution in [2.24, 2.45) is 0 Å². The van der Waals surface area contributed by atoms with Crippen LogP contribution in [0.5, 0.6) is 0 Å². The zero-order chi connectivity index (χ0) is 25.1. The molecule has 1 unspecified atom stereocenters. The number of nitrogens with zero attached hydrogens (tertiary/aromatic N) is 5. The second kappa shape index (κ2) is 9.98. The summed E-state index contributed by atoms with van der Waals surface area (Å²) in [5.74, 6) is -2.24. The first-order valence-corrected chi connectivity index (χ1v) is 11.9. The maximum atomic E-state index is 13.7. The van der Waals surface area contributed by atoms with Crippen LogP contribution in [0.4, 0.5) is 19.4 Å². The summed E-state index contributed by atoms with van der Waals surface area (Å²) < 4.78 is 29.2. The molecule has 4 aromatic rings. The van der Waals surface area contributed by atoms with Gasteiger partial charge in [0.1, 0.15) is 5.82 Å². The molecule has 5 rings (SSSR count). The van der Waals surface area contributed by atoms with Gasteiger partial charge in [-0.1, -0.05) is 30.3 Å². The predicted octanol–water partition coefficient (Wildman–Crippen LogP) is 4.72. The van der Waals surface area contributed by atoms with E-state index in [0.717, 1.165) is 27.8 Å². The Morgan fingerprint density at radius 1 is 1.08 bits per heavy atom. The van der Waals surface area contributed by atoms with Gasteiger partial charge >= 0.3 is 6.03 Å². The van der Waals surface area contributed by atoms with Crippen molar-refractivity contribution in [3.05, 3.63) is 78.4 Å². The second-order valence-corrected chi connectivity index (χ2v) is 8.99. The third kappa shape index (κ3) is 5.33. The van der Waals surface area contributed by atoms with Crippen molar-refractivity contribution in [3.8, 4) is 5.69 Å². The molecule has 1 atom stereocenters. The van der Waals surface area contributed by atoms with Crippen molar-refractivity contribution in [1.29, 1.82) is 0 Å². The number of carbonyl (C=O) groups excluding carboxylic acids is 1. The Morgan fingerprint density at radius 2 is 1.86 bits per heavy atom. The van der Waals surface area contributed by atoms with Crippen LogP contribution in [0.1, 0.15) is 30.1 Å². The van der Waals surface area contributed by atoms with E-state index < -0.39 is 12.0 Å². The number of hydrogen-bond acceptors (Lipinski definition) is 5. The average molecular weight is 492 g/mol. The van der Waals surface area contributed by atoms with Gasteiger partial charge in [-0.05, 0) is 30.7 Å². The highest BCUT2D eigenvalue weighted by atomic mass is 19.3. The fraction of sp³-hybridized carbons (Fsp3) is 0.308. The maximum absolute atomic E-state index is 13.7. The normalized spacial score (nSPS) is 16.5. The number of alkyl halides is 2. The molecule has 2 amide bonds. The van der Waals surface area contributed by atoms with E-state index >= 15 is 0 Å². The maximum Gasteiger partial charge on any atom is 0.320 e. The number of rotatable bonds is 6. The van der Waals surface area contributed by atoms with E-state index in [1.165, 1.54) is 0 Å². The smallest absolute Gasteiger partial charge is 0.320 e. The topological polar surface area (TPSA) is 88.0 Å². The van der Waals surface area contributed by atoms with Crippen LogP contribution < -0.4 is 10.6 Å². The van der Waals surface area contributed by atoms with E-state index in [9.17, 15) is 13.6 Å². The zero-order valence-corrected chi connectivity index (χ0v) is 19.9. The van der Waals surface area contributed by atoms with E-state index in [4.69, 9.17) is 0 Å². The largest absolute Gasteiger partial charge is 0.336 e. The number of carbonyl (C=O) groups is 1. The number of hydrogen-bond donors (Lipinski definition) is 2. The van der Waals surface area contributed by atoms with Gasteiger partial charge in [0.2, 0.25) is 0 Å². The first-order chi connectivity index (χ1) is 17.4. The molecule has 186 valence electrons. The summed E-state index contributed by atoms with van der Waals surface area (Å²) in [6.07, 6.45) is 4.74. The number of urea groups is 1. The number of anilines is 1. The summed E-state index contributed by atoms with van der Waals surface area (Å²) in [6, 6.07) is 14.6. The number of benzene rings is 1. The number of halogens is 2. The molecular formula is C26H27F2N7O. The van der Waals surface area contributed by atoms with Crippen molar-refractivity contribution in [2.75, 3.05) is 25.0 Å². The zero-order valence-electron chi connectivity index (χ0n) is 19.9. The Bertz CT molecular complexity index is 1350. The minimum Gasteiger partial charge on any atom is -0.336 e. The van der Waals surface area contributed by atoms with Crippen molar-refractivity contribution >= 4 is 22.8 Å². The Morgan fingerprint density at radius 3 is 2.61 bits per heavy atom. The number of aryl methyl sites for hydroxylation is 1. The molecule has 8 nitrogen and oxygen atoms in total. The van der Waals surface area contributed by atoms with Crippen LogP contribution in [-0.4, -0.2) is 56.2 Å². The van der Waals surface area contributed by atoms with Gasteiger partial charge in [0.15, 0.2) is 0 Å². The van der Waals surface area contributed by atoms with E-state index in [1.807, 2.05) is 54.3 Å². The average Bonchev–Trinajstić information content (AvgIpc) is 3.29. The lowest BCUT2D eigenvalue weighted by molar-refractivity contribution is -0.0631. The van der Waals surface area contributed by atoms with E-state index in [2.05, 4.69) is 25.7 Å². The van der Waals surface area contributed by atoms with E-state index in [0.29, 0.717) is 5.82 Å². The minimum absolute atomic E-state index is 0.181. The molecule has 3 aromatic heterocycles. The van der Waals surface area contributed by atoms with Gasteiger partial charge in [-0.2, -0.15) is 5.10 Å². The molecule has 1 saturated heterocycles. The van der Waals surface area contributed by atoms with Crippen LogP contribution in [0.15, 0.2) is 67.1 Å². The van der Waals surface area contributed by atoms with Gasteiger partial charge < -0.3 is 5.32 Å². The minimum atomic E-state index is -2.63. The lowest BCUT2D eigenvalue weighted by atomic mass is 10.00. The summed E-state index contributed by atoms with van der Waals surface area (Å²) in [6.45, 7) is 2.74. The third-order valence-electron chi connectivity index (χ3n) is 6.43. The van der Waals surface area contributed by atoms with Gasteiger partial charge in [0.25, 0.3) is 5.92 Å². The number of likely N-dealkylation sites (tertiary alicyclic amines) is 1. The lowest BCUT2D eigenvalue weighted by Gasteiger charge is -2.37. The molecule has 1 fully saturated rings. The van der Waals surface area contributed by atoms with Gasteiger partial charge in [0.05, 0.1) is 29.6 Å². The molecule has 2 N–H and O–H groups in total. The molecule has 0 aliphatic carbocycles. The van der Waals surface area contributed by atoms with Gasteiger partial charge in [-0.25, -0.2) is 23.2 Å². The molecule has 1 aliphatic rings. The monoisotopic (exact) mass is 491 g/mol. The molecular weight excluding hydrogens is 464 g/mol. The fourth-order valence-corrected chi connectivity index (χ4v) is 4.51. The number of fused-ring (bicyclic) bond motifs is 1. The number of aromatic nitrogens is 4. The lowest BCUT2D eigenvalue weighted by Crippen LogP contribution is -2.45. The first-order valence-electron chi connectivity index (χ1n) is 11.9. The summed E-state index contributed by atoms with van der Waals surface area (Å²) in [5.41, 5.74) is 3.53. The van der Waals surface area contributed by atoms with Crippen molar-refractivity contribution in [1.82, 2.24) is 30.0 Å². The molecule has 0 saturated carbocycles. The van der Waals surface area contributed by atoms with E-state index in [-0.39, 0.29) is 38.5 Å². The summed E-state index contributed by atoms with van der Waals surface area (Å²) in [7, 11) is 0. The van der Waals surface area contributed by atoms with Crippen molar-refractivity contribution < 1.29 is 13.6 Å². The second-order valence-electron chi connectivity index (χ2n) is 8.99. The van der Waals surface area contributed by atoms with Crippen LogP contribution in [0.25, 0.3) is 16.6 Å². The quantitative estimate of drug-likeness (QED) is 0.408. The highest BCUT2D eigenvalue weighted by molar-refractivity contribution is 5.91. The summed E-state index contributed by atoms with van der Waals surface area (Å²) in [5, 5.41) is 10.9. The van der Waals surface area contributed by atoms with Crippen molar-refractivity contribution in [3.63, 3.8) is 0 Å². The van der Waals surface area contributed by atoms with E-state index in [1.54, 1.807) is 29.3 Å². The summed E-state index contributed by atoms with van der Waals surface area (Å²) >= 11 is 0. The van der Waals surface area contributed by atoms with Crippen LogP contribution in [0, 0.1) is 6.92 Å². The van der Waals surface area contributed by atoms with Gasteiger partial charge in [-0.15, -0.1) is 0 Å². The number of piperidine rings is 1. The number of amides is 2. The molecule has 1 aromatic carbocycles. The molecule has 36 heavy (non-hydrogen) atoms. The highest BCUT2D eigenvalue weighted by Crippen LogP contribution is 2.32. The third-order valence-corrected chi connectivity index (χ3v) is 6.43. The summed E-state index contributed by atoms with van der Waals surface area (Å²) in [4.78, 5) is 23.3. The van der Waals surface area contributed by atoms with Crippen LogP contribution >= 0.6 is 0 Å². The Hall–Kier alpha value is -3.92. The molecule has 4 heterocycles. The highest BCUT2D eigenvalue weighted by Gasteiger charge is 2.36. The number of nitrogens with one attached hydrogen (secondary N) is 2. The SMILES string of the molecule is Cc1cc(-n2ncc3cc(NC(=O)NCC(c4ccccc4)N4CCC(F)(F)CC4)ncc32)ccn1. The van der Waals surface area contributed by atoms with Crippen LogP contribution in [0.2, 0.25) is 0 Å². The Labute approximate surface area is 207 Å². The van der Waals surface area contributed by atoms with Gasteiger partial charge in [0, 0.05) is 49.8 Å². The molecule has 0 bridgehead atoms. The molecule has 0 spiro atoms. The number of pyridine rings is 2. The first kappa shape index (κ1) is 23.8.